The molecule has 6 rings (SSSR count). The van der Waals surface area contributed by atoms with Crippen LogP contribution in [0.5, 0.6) is 11.5 Å². The Kier molecular flexibility index (Phi) is 5.23. The number of carbonyl (C=O) groups is 1. The van der Waals surface area contributed by atoms with E-state index in [9.17, 15) is 9.00 Å². The fraction of sp³-hybridized carbons (Fsp3) is 0.0690. The quantitative estimate of drug-likeness (QED) is 0.270. The molecule has 0 N–H and O–H groups in total. The van der Waals surface area contributed by atoms with Crippen LogP contribution in [0.4, 0.5) is 0 Å². The number of rotatable bonds is 3. The average molecular weight is 481 g/mol. The van der Waals surface area contributed by atoms with E-state index in [0.717, 1.165) is 38.2 Å². The molecule has 0 amide bonds. The van der Waals surface area contributed by atoms with Crippen molar-refractivity contribution < 1.29 is 22.1 Å². The van der Waals surface area contributed by atoms with Crippen LogP contribution in [0.3, 0.4) is 0 Å². The molecule has 5 nitrogen and oxygen atoms in total. The Morgan fingerprint density at radius 2 is 1.49 bits per heavy atom. The molecule has 1 aliphatic heterocycles. The summed E-state index contributed by atoms with van der Waals surface area (Å²) >= 11 is -2.14. The molecule has 0 aliphatic carbocycles. The van der Waals surface area contributed by atoms with Crippen molar-refractivity contribution in [2.24, 2.45) is 0 Å². The number of hydrogen-bond donors (Lipinski definition) is 0. The summed E-state index contributed by atoms with van der Waals surface area (Å²) in [7, 11) is 0. The van der Waals surface area contributed by atoms with Gasteiger partial charge in [0.05, 0.1) is 0 Å². The van der Waals surface area contributed by atoms with Gasteiger partial charge in [-0.15, -0.1) is 0 Å². The van der Waals surface area contributed by atoms with Crippen molar-refractivity contribution in [3.63, 3.8) is 0 Å². The Bertz CT molecular complexity index is 1640. The summed E-state index contributed by atoms with van der Waals surface area (Å²) in [5.41, 5.74) is 3.58. The second-order valence-electron chi connectivity index (χ2n) is 8.44. The molecular formula is C29H20O5S. The second kappa shape index (κ2) is 8.56. The lowest BCUT2D eigenvalue weighted by atomic mass is 9.90. The van der Waals surface area contributed by atoms with Crippen molar-refractivity contribution in [2.45, 2.75) is 13.5 Å². The van der Waals surface area contributed by atoms with Crippen molar-refractivity contribution in [3.8, 4) is 22.6 Å². The molecule has 0 saturated carbocycles. The van der Waals surface area contributed by atoms with Crippen LogP contribution in [0, 0.1) is 6.92 Å². The summed E-state index contributed by atoms with van der Waals surface area (Å²) in [6, 6.07) is 28.8. The van der Waals surface area contributed by atoms with Gasteiger partial charge in [-0.05, 0) is 46.2 Å². The first kappa shape index (κ1) is 21.4. The summed E-state index contributed by atoms with van der Waals surface area (Å²) in [4.78, 5) is 13.4. The molecule has 0 fully saturated rings. The van der Waals surface area contributed by atoms with Gasteiger partial charge in [0, 0.05) is 11.1 Å². The Hall–Kier alpha value is -4.16. The van der Waals surface area contributed by atoms with Crippen molar-refractivity contribution >= 4 is 38.9 Å². The summed E-state index contributed by atoms with van der Waals surface area (Å²) in [5, 5.41) is 3.59. The van der Waals surface area contributed by atoms with Crippen molar-refractivity contribution in [2.75, 3.05) is 0 Å². The van der Waals surface area contributed by atoms with Gasteiger partial charge in [-0.25, -0.2) is 4.79 Å². The molecule has 35 heavy (non-hydrogen) atoms. The molecule has 5 aromatic rings. The predicted molar refractivity (Wildman–Crippen MR) is 137 cm³/mol. The number of esters is 1. The van der Waals surface area contributed by atoms with Crippen molar-refractivity contribution in [3.05, 3.63) is 108 Å². The van der Waals surface area contributed by atoms with Gasteiger partial charge in [0.15, 0.2) is 11.5 Å². The average Bonchev–Trinajstić information content (AvgIpc) is 3.03. The maximum atomic E-state index is 13.4. The standard InChI is InChI=1S/C29H20O5S/c1-18-10-12-19(13-11-18)17-32-29(30)24-16-21-7-3-5-9-23(21)27-26-22-8-4-2-6-20(22)14-15-25(26)33-35(31)34-28(24)27/h2-16H,17H2,1H3. The van der Waals surface area contributed by atoms with Crippen LogP contribution in [0.2, 0.25) is 0 Å². The normalized spacial score (nSPS) is 14.4. The Morgan fingerprint density at radius 1 is 0.800 bits per heavy atom. The van der Waals surface area contributed by atoms with Gasteiger partial charge in [-0.1, -0.05) is 84.4 Å². The molecule has 5 aromatic carbocycles. The fourth-order valence-electron chi connectivity index (χ4n) is 4.46. The van der Waals surface area contributed by atoms with Gasteiger partial charge in [0.25, 0.3) is 0 Å². The molecule has 0 aromatic heterocycles. The monoisotopic (exact) mass is 480 g/mol. The highest BCUT2D eigenvalue weighted by Crippen LogP contribution is 2.49. The van der Waals surface area contributed by atoms with Crippen LogP contribution >= 0.6 is 0 Å². The van der Waals surface area contributed by atoms with Gasteiger partial charge in [0.1, 0.15) is 12.2 Å². The summed E-state index contributed by atoms with van der Waals surface area (Å²) in [6.07, 6.45) is 0. The van der Waals surface area contributed by atoms with Gasteiger partial charge in [-0.3, -0.25) is 0 Å². The van der Waals surface area contributed by atoms with E-state index in [4.69, 9.17) is 13.1 Å². The molecule has 0 spiro atoms. The third kappa shape index (κ3) is 3.82. The Morgan fingerprint density at radius 3 is 2.26 bits per heavy atom. The minimum Gasteiger partial charge on any atom is -0.457 e. The zero-order chi connectivity index (χ0) is 23.9. The van der Waals surface area contributed by atoms with Crippen molar-refractivity contribution in [1.29, 1.82) is 0 Å². The topological polar surface area (TPSA) is 61.8 Å². The second-order valence-corrected chi connectivity index (χ2v) is 9.18. The van der Waals surface area contributed by atoms with E-state index >= 15 is 0 Å². The lowest BCUT2D eigenvalue weighted by molar-refractivity contribution is 0.0471. The zero-order valence-electron chi connectivity index (χ0n) is 18.8. The minimum atomic E-state index is -2.14. The number of ether oxygens (including phenoxy) is 1. The fourth-order valence-corrected chi connectivity index (χ4v) is 5.09. The van der Waals surface area contributed by atoms with Crippen LogP contribution in [0.1, 0.15) is 21.5 Å². The Labute approximate surface area is 204 Å². The van der Waals surface area contributed by atoms with E-state index < -0.39 is 17.3 Å². The van der Waals surface area contributed by atoms with Gasteiger partial charge >= 0.3 is 17.3 Å². The van der Waals surface area contributed by atoms with Gasteiger partial charge in [0.2, 0.25) is 0 Å². The van der Waals surface area contributed by atoms with Gasteiger partial charge < -0.3 is 13.1 Å². The highest BCUT2D eigenvalue weighted by Gasteiger charge is 2.30. The molecule has 1 unspecified atom stereocenters. The number of hydrogen-bond acceptors (Lipinski definition) is 5. The number of fused-ring (bicyclic) bond motifs is 7. The lowest BCUT2D eigenvalue weighted by Crippen LogP contribution is -2.11. The van der Waals surface area contributed by atoms with E-state index in [1.165, 1.54) is 0 Å². The molecule has 1 heterocycles. The van der Waals surface area contributed by atoms with Crippen LogP contribution in [-0.2, 0) is 22.7 Å². The van der Waals surface area contributed by atoms with Crippen LogP contribution in [-0.4, -0.2) is 10.2 Å². The first-order valence-corrected chi connectivity index (χ1v) is 12.2. The third-order valence-corrected chi connectivity index (χ3v) is 6.78. The maximum Gasteiger partial charge on any atom is 0.417 e. The van der Waals surface area contributed by atoms with E-state index in [-0.39, 0.29) is 17.9 Å². The minimum absolute atomic E-state index is 0.111. The molecule has 0 saturated heterocycles. The van der Waals surface area contributed by atoms with E-state index in [0.29, 0.717) is 11.3 Å². The smallest absolute Gasteiger partial charge is 0.417 e. The van der Waals surface area contributed by atoms with E-state index in [1.54, 1.807) is 12.1 Å². The lowest BCUT2D eigenvalue weighted by Gasteiger charge is -2.16. The number of aryl methyl sites for hydroxylation is 1. The number of benzene rings is 5. The molecule has 1 aliphatic rings. The van der Waals surface area contributed by atoms with E-state index in [1.807, 2.05) is 85.8 Å². The Balaban J connectivity index is 1.57. The SMILES string of the molecule is Cc1ccc(COC(=O)c2cc3ccccc3c3c2OS(=O)Oc2ccc4ccccc4c2-3)cc1. The molecular weight excluding hydrogens is 460 g/mol. The van der Waals surface area contributed by atoms with Crippen molar-refractivity contribution in [1.82, 2.24) is 0 Å². The molecule has 1 atom stereocenters. The zero-order valence-corrected chi connectivity index (χ0v) is 19.6. The first-order valence-electron chi connectivity index (χ1n) is 11.2. The third-order valence-electron chi connectivity index (χ3n) is 6.16. The van der Waals surface area contributed by atoms with Crippen LogP contribution in [0.15, 0.2) is 91.0 Å². The summed E-state index contributed by atoms with van der Waals surface area (Å²) in [6.45, 7) is 2.11. The van der Waals surface area contributed by atoms with Crippen LogP contribution < -0.4 is 8.37 Å². The first-order chi connectivity index (χ1) is 17.1. The van der Waals surface area contributed by atoms with E-state index in [2.05, 4.69) is 0 Å². The molecule has 0 bridgehead atoms. The highest BCUT2D eigenvalue weighted by molar-refractivity contribution is 7.76. The highest BCUT2D eigenvalue weighted by atomic mass is 32.2. The molecule has 172 valence electrons. The summed E-state index contributed by atoms with van der Waals surface area (Å²) < 4.78 is 29.9. The van der Waals surface area contributed by atoms with Gasteiger partial charge in [-0.2, -0.15) is 4.21 Å². The molecule has 0 radical (unpaired) electrons. The number of carbonyl (C=O) groups excluding carboxylic acids is 1. The maximum absolute atomic E-state index is 13.4. The molecule has 6 heteroatoms. The summed E-state index contributed by atoms with van der Waals surface area (Å²) in [5.74, 6) is 0.0513. The predicted octanol–water partition coefficient (Wildman–Crippen LogP) is 6.68. The van der Waals surface area contributed by atoms with Crippen LogP contribution in [0.25, 0.3) is 32.7 Å². The largest absolute Gasteiger partial charge is 0.457 e.